The average molecular weight is 440 g/mol. The van der Waals surface area contributed by atoms with Gasteiger partial charge < -0.3 is 5.32 Å². The van der Waals surface area contributed by atoms with Crippen molar-refractivity contribution in [2.45, 2.75) is 26.3 Å². The number of anilines is 1. The van der Waals surface area contributed by atoms with Gasteiger partial charge in [-0.3, -0.25) is 19.2 Å². The Kier molecular flexibility index (Phi) is 7.58. The summed E-state index contributed by atoms with van der Waals surface area (Å²) in [5.74, 6) is -0.242. The first-order chi connectivity index (χ1) is 13.6. The van der Waals surface area contributed by atoms with E-state index in [0.717, 1.165) is 16.1 Å². The minimum atomic E-state index is -3.68. The van der Waals surface area contributed by atoms with Crippen LogP contribution in [0.15, 0.2) is 42.5 Å². The number of nitro groups is 1. The van der Waals surface area contributed by atoms with Crippen molar-refractivity contribution in [1.29, 1.82) is 0 Å². The summed E-state index contributed by atoms with van der Waals surface area (Å²) >= 11 is 6.05. The van der Waals surface area contributed by atoms with E-state index >= 15 is 0 Å². The zero-order chi connectivity index (χ0) is 21.6. The second kappa shape index (κ2) is 9.71. The number of sulfonamides is 1. The fourth-order valence-electron chi connectivity index (χ4n) is 2.75. The lowest BCUT2D eigenvalue weighted by Gasteiger charge is -2.24. The van der Waals surface area contributed by atoms with Gasteiger partial charge in [-0.2, -0.15) is 0 Å². The highest BCUT2D eigenvalue weighted by atomic mass is 35.5. The zero-order valence-corrected chi connectivity index (χ0v) is 17.7. The highest BCUT2D eigenvalue weighted by Gasteiger charge is 2.22. The van der Waals surface area contributed by atoms with Gasteiger partial charge in [0.25, 0.3) is 5.69 Å². The number of nitrogens with zero attached hydrogens (tertiary/aromatic N) is 2. The predicted octanol–water partition coefficient (Wildman–Crippen LogP) is 3.42. The molecule has 0 saturated carbocycles. The Bertz CT molecular complexity index is 1010. The van der Waals surface area contributed by atoms with Crippen molar-refractivity contribution in [3.05, 3.63) is 68.7 Å². The number of halogens is 1. The lowest BCUT2D eigenvalue weighted by Crippen LogP contribution is -2.32. The summed E-state index contributed by atoms with van der Waals surface area (Å²) in [6, 6.07) is 11.2. The van der Waals surface area contributed by atoms with E-state index in [0.29, 0.717) is 10.6 Å². The van der Waals surface area contributed by atoms with Gasteiger partial charge in [-0.1, -0.05) is 35.9 Å². The summed E-state index contributed by atoms with van der Waals surface area (Å²) in [7, 11) is -3.68. The minimum absolute atomic E-state index is 0.0281. The van der Waals surface area contributed by atoms with Crippen LogP contribution in [0, 0.1) is 17.0 Å². The lowest BCUT2D eigenvalue weighted by molar-refractivity contribution is -0.384. The monoisotopic (exact) mass is 439 g/mol. The molecule has 0 radical (unpaired) electrons. The molecule has 0 heterocycles. The van der Waals surface area contributed by atoms with Gasteiger partial charge in [-0.25, -0.2) is 8.42 Å². The van der Waals surface area contributed by atoms with Crippen LogP contribution in [0.25, 0.3) is 0 Å². The molecule has 2 aromatic rings. The molecule has 1 amide bonds. The van der Waals surface area contributed by atoms with E-state index in [-0.39, 0.29) is 43.2 Å². The van der Waals surface area contributed by atoms with Crippen molar-refractivity contribution in [1.82, 2.24) is 5.32 Å². The number of nitro benzene ring substituents is 1. The van der Waals surface area contributed by atoms with Crippen LogP contribution in [-0.2, 0) is 21.4 Å². The highest BCUT2D eigenvalue weighted by Crippen LogP contribution is 2.27. The number of benzene rings is 2. The van der Waals surface area contributed by atoms with E-state index in [1.165, 1.54) is 18.2 Å². The number of carbonyl (C=O) groups excluding carboxylic acids is 1. The molecule has 0 bridgehead atoms. The third-order valence-corrected chi connectivity index (χ3v) is 5.82. The van der Waals surface area contributed by atoms with E-state index in [1.807, 2.05) is 6.07 Å². The first kappa shape index (κ1) is 22.6. The van der Waals surface area contributed by atoms with Crippen LogP contribution >= 0.6 is 11.6 Å². The molecule has 10 heteroatoms. The number of hydrogen-bond donors (Lipinski definition) is 1. The van der Waals surface area contributed by atoms with Crippen LogP contribution in [-0.4, -0.2) is 32.0 Å². The van der Waals surface area contributed by atoms with Crippen molar-refractivity contribution in [3.63, 3.8) is 0 Å². The average Bonchev–Trinajstić information content (AvgIpc) is 2.64. The van der Waals surface area contributed by atoms with E-state index in [4.69, 9.17) is 11.6 Å². The summed E-state index contributed by atoms with van der Waals surface area (Å²) in [6.45, 7) is 1.98. The van der Waals surface area contributed by atoms with E-state index in [9.17, 15) is 23.3 Å². The number of non-ortho nitro benzene ring substituents is 1. The van der Waals surface area contributed by atoms with Crippen LogP contribution in [0.4, 0.5) is 11.4 Å². The molecule has 156 valence electrons. The molecule has 0 atom stereocenters. The molecular formula is C19H22ClN3O5S. The van der Waals surface area contributed by atoms with Gasteiger partial charge >= 0.3 is 0 Å². The maximum Gasteiger partial charge on any atom is 0.271 e. The maximum atomic E-state index is 12.2. The second-order valence-corrected chi connectivity index (χ2v) is 8.85. The SMILES string of the molecule is Cc1ccc([N+](=O)[O-])cc1N(CCCC(=O)NCc1ccccc1Cl)S(C)(=O)=O. The molecule has 0 unspecified atom stereocenters. The summed E-state index contributed by atoms with van der Waals surface area (Å²) in [4.78, 5) is 22.5. The quantitative estimate of drug-likeness (QED) is 0.475. The molecule has 0 spiro atoms. The molecule has 0 aliphatic rings. The van der Waals surface area contributed by atoms with Gasteiger partial charge in [0.2, 0.25) is 15.9 Å². The third kappa shape index (κ3) is 6.43. The molecule has 0 saturated heterocycles. The van der Waals surface area contributed by atoms with Crippen LogP contribution in [0.1, 0.15) is 24.0 Å². The number of amides is 1. The maximum absolute atomic E-state index is 12.2. The lowest BCUT2D eigenvalue weighted by atomic mass is 10.1. The van der Waals surface area contributed by atoms with E-state index < -0.39 is 14.9 Å². The Labute approximate surface area is 174 Å². The molecule has 0 aliphatic heterocycles. The first-order valence-electron chi connectivity index (χ1n) is 8.82. The molecule has 2 rings (SSSR count). The molecule has 0 aliphatic carbocycles. The third-order valence-electron chi connectivity index (χ3n) is 4.27. The molecule has 0 fully saturated rings. The number of nitrogens with one attached hydrogen (secondary N) is 1. The first-order valence-corrected chi connectivity index (χ1v) is 11.0. The predicted molar refractivity (Wildman–Crippen MR) is 113 cm³/mol. The van der Waals surface area contributed by atoms with Crippen LogP contribution in [0.3, 0.4) is 0 Å². The van der Waals surface area contributed by atoms with Crippen LogP contribution < -0.4 is 9.62 Å². The van der Waals surface area contributed by atoms with Crippen molar-refractivity contribution < 1.29 is 18.1 Å². The Morgan fingerprint density at radius 1 is 1.24 bits per heavy atom. The Morgan fingerprint density at radius 3 is 2.55 bits per heavy atom. The molecular weight excluding hydrogens is 418 g/mol. The highest BCUT2D eigenvalue weighted by molar-refractivity contribution is 7.92. The Balaban J connectivity index is 2.02. The Hall–Kier alpha value is -2.65. The normalized spacial score (nSPS) is 11.1. The molecule has 29 heavy (non-hydrogen) atoms. The molecule has 8 nitrogen and oxygen atoms in total. The van der Waals surface area contributed by atoms with Crippen molar-refractivity contribution >= 4 is 38.9 Å². The summed E-state index contributed by atoms with van der Waals surface area (Å²) in [5.41, 5.74) is 1.41. The standard InChI is InChI=1S/C19H22ClN3O5S/c1-14-9-10-16(23(25)26)12-18(14)22(29(2,27)28)11-5-8-19(24)21-13-15-6-3-4-7-17(15)20/h3-4,6-7,9-10,12H,5,8,11,13H2,1-2H3,(H,21,24). The number of carbonyl (C=O) groups is 1. The zero-order valence-electron chi connectivity index (χ0n) is 16.1. The van der Waals surface area contributed by atoms with Crippen molar-refractivity contribution in [2.24, 2.45) is 0 Å². The van der Waals surface area contributed by atoms with Crippen LogP contribution in [0.2, 0.25) is 5.02 Å². The largest absolute Gasteiger partial charge is 0.352 e. The molecule has 2 aromatic carbocycles. The minimum Gasteiger partial charge on any atom is -0.352 e. The van der Waals surface area contributed by atoms with Crippen molar-refractivity contribution in [3.8, 4) is 0 Å². The Morgan fingerprint density at radius 2 is 1.93 bits per heavy atom. The van der Waals surface area contributed by atoms with Gasteiger partial charge in [0.1, 0.15) is 0 Å². The number of hydrogen-bond acceptors (Lipinski definition) is 5. The molecule has 0 aromatic heterocycles. The summed E-state index contributed by atoms with van der Waals surface area (Å²) in [6.07, 6.45) is 1.39. The van der Waals surface area contributed by atoms with Gasteiger partial charge in [0, 0.05) is 36.7 Å². The van der Waals surface area contributed by atoms with Crippen molar-refractivity contribution in [2.75, 3.05) is 17.1 Å². The molecule has 1 N–H and O–H groups in total. The topological polar surface area (TPSA) is 110 Å². The fraction of sp³-hybridized carbons (Fsp3) is 0.316. The van der Waals surface area contributed by atoms with Gasteiger partial charge in [-0.05, 0) is 30.5 Å². The number of aryl methyl sites for hydroxylation is 1. The van der Waals surface area contributed by atoms with E-state index in [1.54, 1.807) is 25.1 Å². The van der Waals surface area contributed by atoms with E-state index in [2.05, 4.69) is 5.32 Å². The van der Waals surface area contributed by atoms with Gasteiger partial charge in [0.05, 0.1) is 16.9 Å². The summed E-state index contributed by atoms with van der Waals surface area (Å²) in [5, 5.41) is 14.3. The summed E-state index contributed by atoms with van der Waals surface area (Å²) < 4.78 is 25.6. The smallest absolute Gasteiger partial charge is 0.271 e. The fourth-order valence-corrected chi connectivity index (χ4v) is 3.97. The van der Waals surface area contributed by atoms with Gasteiger partial charge in [0.15, 0.2) is 0 Å². The van der Waals surface area contributed by atoms with Gasteiger partial charge in [-0.15, -0.1) is 0 Å². The number of rotatable bonds is 9. The van der Waals surface area contributed by atoms with Crippen LogP contribution in [0.5, 0.6) is 0 Å². The second-order valence-electron chi connectivity index (χ2n) is 6.53.